The molecule has 0 radical (unpaired) electrons. The Morgan fingerprint density at radius 3 is 2.21 bits per heavy atom. The zero-order chi connectivity index (χ0) is 30.9. The van der Waals surface area contributed by atoms with Gasteiger partial charge in [-0.05, 0) is 78.8 Å². The Morgan fingerprint density at radius 1 is 1.00 bits per heavy atom. The van der Waals surface area contributed by atoms with Crippen molar-refractivity contribution >= 4 is 28.9 Å². The van der Waals surface area contributed by atoms with Crippen LogP contribution in [0.25, 0.3) is 0 Å². The third-order valence-electron chi connectivity index (χ3n) is 10.2. The molecular weight excluding hydrogens is 536 g/mol. The van der Waals surface area contributed by atoms with Crippen molar-refractivity contribution in [2.24, 2.45) is 34.5 Å². The van der Waals surface area contributed by atoms with Crippen molar-refractivity contribution < 1.29 is 38.9 Å². The number of hydrogen-bond donors (Lipinski definition) is 2. The molecule has 2 aromatic rings. The van der Waals surface area contributed by atoms with Crippen LogP contribution in [0.4, 0.5) is 0 Å². The zero-order valence-corrected chi connectivity index (χ0v) is 24.9. The minimum atomic E-state index is -2.69. The summed E-state index contributed by atoms with van der Waals surface area (Å²) in [4.78, 5) is 68.4. The fraction of sp³-hybridized carbons (Fsp3) is 0.500. The Morgan fingerprint density at radius 2 is 1.64 bits per heavy atom. The SMILES string of the molecule is COc1ccc(CCc2ccc(O)c3c2C[C@]2(C)C[C@]4(C)C(C(C)C)C(=O)C(C(C)=O)C(=O)[C@]4(O)C(=O)C2C3=O)cc1. The van der Waals surface area contributed by atoms with Crippen LogP contribution >= 0.6 is 0 Å². The minimum Gasteiger partial charge on any atom is -0.507 e. The topological polar surface area (TPSA) is 135 Å². The maximum absolute atomic E-state index is 14.4. The number of ether oxygens (including phenoxy) is 1. The lowest BCUT2D eigenvalue weighted by Gasteiger charge is -2.61. The number of ketones is 5. The molecule has 0 heterocycles. The molecule has 3 aliphatic carbocycles. The average Bonchev–Trinajstić information content (AvgIpc) is 2.90. The lowest BCUT2D eigenvalue weighted by molar-refractivity contribution is -0.205. The highest BCUT2D eigenvalue weighted by Gasteiger charge is 2.76. The maximum atomic E-state index is 14.4. The van der Waals surface area contributed by atoms with Gasteiger partial charge >= 0.3 is 0 Å². The molecule has 2 fully saturated rings. The number of benzene rings is 2. The predicted octanol–water partition coefficient (Wildman–Crippen LogP) is 3.89. The van der Waals surface area contributed by atoms with Crippen LogP contribution in [0.3, 0.4) is 0 Å². The minimum absolute atomic E-state index is 0.0353. The first-order chi connectivity index (χ1) is 19.6. The molecule has 2 saturated carbocycles. The molecular formula is C34H38O8. The second kappa shape index (κ2) is 9.97. The average molecular weight is 575 g/mol. The third kappa shape index (κ3) is 4.02. The van der Waals surface area contributed by atoms with Crippen molar-refractivity contribution in [3.05, 3.63) is 58.7 Å². The summed E-state index contributed by atoms with van der Waals surface area (Å²) in [5.41, 5.74) is -2.65. The zero-order valence-electron chi connectivity index (χ0n) is 24.9. The van der Waals surface area contributed by atoms with Gasteiger partial charge < -0.3 is 14.9 Å². The van der Waals surface area contributed by atoms with Crippen LogP contribution in [-0.4, -0.2) is 51.8 Å². The smallest absolute Gasteiger partial charge is 0.190 e. The highest BCUT2D eigenvalue weighted by Crippen LogP contribution is 2.63. The molecule has 6 atom stereocenters. The standard InChI is InChI=1S/C34H38O8/c1-17(2)26-28(37)24(18(3)35)30(39)34(41)31(40)27-29(38)25-22(15-32(27,4)16-33(26,34)5)20(11-14-23(25)36)10-7-19-8-12-21(42-6)13-9-19/h8-9,11-14,17,24,26-27,36,41H,7,10,15-16H2,1-6H3/t24?,26?,27?,32-,33-,34+/m1/s1. The van der Waals surface area contributed by atoms with E-state index in [1.54, 1.807) is 40.9 Å². The number of rotatable bonds is 6. The molecule has 0 saturated heterocycles. The van der Waals surface area contributed by atoms with E-state index >= 15 is 0 Å². The molecule has 0 bridgehead atoms. The lowest BCUT2D eigenvalue weighted by Crippen LogP contribution is -2.76. The van der Waals surface area contributed by atoms with E-state index in [0.717, 1.165) is 23.8 Å². The molecule has 2 N–H and O–H groups in total. The van der Waals surface area contributed by atoms with Crippen molar-refractivity contribution in [2.45, 2.75) is 65.9 Å². The molecule has 42 heavy (non-hydrogen) atoms. The largest absolute Gasteiger partial charge is 0.507 e. The van der Waals surface area contributed by atoms with Gasteiger partial charge in [-0.25, -0.2) is 0 Å². The van der Waals surface area contributed by atoms with Crippen LogP contribution in [0.15, 0.2) is 36.4 Å². The number of aliphatic hydroxyl groups is 1. The first kappa shape index (κ1) is 29.8. The molecule has 5 rings (SSSR count). The number of methoxy groups -OCH3 is 1. The van der Waals surface area contributed by atoms with Crippen LogP contribution < -0.4 is 4.74 Å². The summed E-state index contributed by atoms with van der Waals surface area (Å²) >= 11 is 0. The van der Waals surface area contributed by atoms with Crippen LogP contribution in [0.1, 0.15) is 68.1 Å². The molecule has 8 nitrogen and oxygen atoms in total. The van der Waals surface area contributed by atoms with Gasteiger partial charge in [0.1, 0.15) is 23.2 Å². The van der Waals surface area contributed by atoms with E-state index in [2.05, 4.69) is 0 Å². The van der Waals surface area contributed by atoms with Crippen molar-refractivity contribution in [3.8, 4) is 11.5 Å². The Labute approximate surface area is 245 Å². The van der Waals surface area contributed by atoms with Gasteiger partial charge in [-0.1, -0.05) is 45.9 Å². The van der Waals surface area contributed by atoms with E-state index in [0.29, 0.717) is 18.4 Å². The number of Topliss-reactive ketones (excluding diaryl/α,β-unsaturated/α-hetero) is 5. The Kier molecular flexibility index (Phi) is 7.08. The highest BCUT2D eigenvalue weighted by molar-refractivity contribution is 6.32. The number of phenols is 1. The van der Waals surface area contributed by atoms with Crippen molar-refractivity contribution in [3.63, 3.8) is 0 Å². The summed E-state index contributed by atoms with van der Waals surface area (Å²) in [6, 6.07) is 10.9. The summed E-state index contributed by atoms with van der Waals surface area (Å²) in [5.74, 6) is -8.09. The van der Waals surface area contributed by atoms with Gasteiger partial charge in [0.25, 0.3) is 0 Å². The van der Waals surface area contributed by atoms with E-state index in [-0.39, 0.29) is 30.1 Å². The van der Waals surface area contributed by atoms with Gasteiger partial charge in [-0.2, -0.15) is 0 Å². The summed E-state index contributed by atoms with van der Waals surface area (Å²) in [6.07, 6.45) is 1.52. The normalized spacial score (nSPS) is 32.3. The highest BCUT2D eigenvalue weighted by atomic mass is 16.5. The summed E-state index contributed by atoms with van der Waals surface area (Å²) < 4.78 is 5.24. The van der Waals surface area contributed by atoms with Gasteiger partial charge in [-0.15, -0.1) is 0 Å². The van der Waals surface area contributed by atoms with E-state index in [1.807, 2.05) is 24.3 Å². The van der Waals surface area contributed by atoms with E-state index in [1.165, 1.54) is 6.07 Å². The monoisotopic (exact) mass is 574 g/mol. The first-order valence-electron chi connectivity index (χ1n) is 14.5. The Hall–Kier alpha value is -3.65. The molecule has 3 unspecified atom stereocenters. The Bertz CT molecular complexity index is 1520. The van der Waals surface area contributed by atoms with Gasteiger partial charge in [0, 0.05) is 11.3 Å². The fourth-order valence-electron chi connectivity index (χ4n) is 8.50. The number of carbonyl (C=O) groups is 5. The second-order valence-electron chi connectivity index (χ2n) is 13.3. The Balaban J connectivity index is 1.61. The number of carbonyl (C=O) groups excluding carboxylic acids is 5. The molecule has 0 spiro atoms. The van der Waals surface area contributed by atoms with E-state index in [4.69, 9.17) is 4.74 Å². The fourth-order valence-corrected chi connectivity index (χ4v) is 8.50. The summed E-state index contributed by atoms with van der Waals surface area (Å²) in [7, 11) is 1.60. The lowest BCUT2D eigenvalue weighted by atomic mass is 9.40. The number of aromatic hydroxyl groups is 1. The van der Waals surface area contributed by atoms with Gasteiger partial charge in [0.05, 0.1) is 18.6 Å². The maximum Gasteiger partial charge on any atom is 0.190 e. The van der Waals surface area contributed by atoms with Crippen molar-refractivity contribution in [2.75, 3.05) is 7.11 Å². The molecule has 0 amide bonds. The van der Waals surface area contributed by atoms with Crippen molar-refractivity contribution in [1.82, 2.24) is 0 Å². The number of hydrogen-bond acceptors (Lipinski definition) is 8. The third-order valence-corrected chi connectivity index (χ3v) is 10.2. The predicted molar refractivity (Wildman–Crippen MR) is 153 cm³/mol. The number of aryl methyl sites for hydroxylation is 2. The molecule has 8 heteroatoms. The van der Waals surface area contributed by atoms with Crippen LogP contribution in [0.5, 0.6) is 11.5 Å². The van der Waals surface area contributed by atoms with Gasteiger partial charge in [0.2, 0.25) is 0 Å². The van der Waals surface area contributed by atoms with E-state index < -0.39 is 63.1 Å². The molecule has 3 aliphatic rings. The second-order valence-corrected chi connectivity index (χ2v) is 13.3. The molecule has 0 aromatic heterocycles. The van der Waals surface area contributed by atoms with E-state index in [9.17, 15) is 34.2 Å². The van der Waals surface area contributed by atoms with Crippen LogP contribution in [-0.2, 0) is 38.4 Å². The van der Waals surface area contributed by atoms with Gasteiger partial charge in [0.15, 0.2) is 28.7 Å². The number of fused-ring (bicyclic) bond motifs is 3. The quantitative estimate of drug-likeness (QED) is 0.497. The van der Waals surface area contributed by atoms with Crippen molar-refractivity contribution in [1.29, 1.82) is 0 Å². The molecule has 2 aromatic carbocycles. The summed E-state index contributed by atoms with van der Waals surface area (Å²) in [5, 5.41) is 23.0. The van der Waals surface area contributed by atoms with Crippen LogP contribution in [0, 0.1) is 34.5 Å². The molecule has 222 valence electrons. The van der Waals surface area contributed by atoms with Gasteiger partial charge in [-0.3, -0.25) is 24.0 Å². The molecule has 0 aliphatic heterocycles. The summed E-state index contributed by atoms with van der Waals surface area (Å²) in [6.45, 7) is 8.03. The first-order valence-corrected chi connectivity index (χ1v) is 14.5. The number of phenolic OH excluding ortho intramolecular Hbond substituents is 1. The van der Waals surface area contributed by atoms with Crippen LogP contribution in [0.2, 0.25) is 0 Å².